The molecule has 0 aliphatic carbocycles. The highest BCUT2D eigenvalue weighted by atomic mass is 16.3. The molecule has 5 heteroatoms. The first-order chi connectivity index (χ1) is 8.95. The lowest BCUT2D eigenvalue weighted by atomic mass is 10.1. The highest BCUT2D eigenvalue weighted by Gasteiger charge is 2.16. The van der Waals surface area contributed by atoms with E-state index < -0.39 is 6.10 Å². The van der Waals surface area contributed by atoms with E-state index in [1.54, 1.807) is 36.1 Å². The van der Waals surface area contributed by atoms with Crippen molar-refractivity contribution in [1.29, 1.82) is 0 Å². The Morgan fingerprint density at radius 3 is 2.58 bits per heavy atom. The second-order valence-corrected chi connectivity index (χ2v) is 4.74. The van der Waals surface area contributed by atoms with Crippen molar-refractivity contribution in [2.45, 2.75) is 32.9 Å². The second-order valence-electron chi connectivity index (χ2n) is 4.74. The first-order valence-electron chi connectivity index (χ1n) is 6.42. The molecule has 0 heterocycles. The Morgan fingerprint density at radius 2 is 2.05 bits per heavy atom. The van der Waals surface area contributed by atoms with Gasteiger partial charge in [0, 0.05) is 18.3 Å². The van der Waals surface area contributed by atoms with Gasteiger partial charge in [0.1, 0.15) is 0 Å². The van der Waals surface area contributed by atoms with Gasteiger partial charge in [-0.15, -0.1) is 0 Å². The van der Waals surface area contributed by atoms with Gasteiger partial charge in [-0.25, -0.2) is 4.79 Å². The highest BCUT2D eigenvalue weighted by molar-refractivity contribution is 5.89. The summed E-state index contributed by atoms with van der Waals surface area (Å²) in [6.07, 6.45) is -0.574. The van der Waals surface area contributed by atoms with Gasteiger partial charge < -0.3 is 20.4 Å². The molecule has 0 saturated carbocycles. The summed E-state index contributed by atoms with van der Waals surface area (Å²) in [7, 11) is 0. The van der Waals surface area contributed by atoms with Gasteiger partial charge in [-0.05, 0) is 38.5 Å². The summed E-state index contributed by atoms with van der Waals surface area (Å²) in [5.41, 5.74) is 1.38. The molecule has 1 aromatic rings. The molecule has 0 aromatic heterocycles. The fourth-order valence-electron chi connectivity index (χ4n) is 1.77. The van der Waals surface area contributed by atoms with Crippen molar-refractivity contribution in [2.24, 2.45) is 0 Å². The number of benzene rings is 1. The molecule has 0 spiro atoms. The van der Waals surface area contributed by atoms with E-state index in [0.717, 1.165) is 5.56 Å². The fraction of sp³-hybridized carbons (Fsp3) is 0.500. The monoisotopic (exact) mass is 266 g/mol. The summed E-state index contributed by atoms with van der Waals surface area (Å²) < 4.78 is 0. The number of carbonyl (C=O) groups excluding carboxylic acids is 1. The summed E-state index contributed by atoms with van der Waals surface area (Å²) in [6, 6.07) is 6.83. The minimum Gasteiger partial charge on any atom is -0.395 e. The number of aliphatic hydroxyl groups excluding tert-OH is 2. The summed E-state index contributed by atoms with van der Waals surface area (Å²) in [6.45, 7) is 5.68. The number of hydrogen-bond acceptors (Lipinski definition) is 3. The molecule has 1 aromatic carbocycles. The van der Waals surface area contributed by atoms with Gasteiger partial charge in [-0.3, -0.25) is 0 Å². The summed E-state index contributed by atoms with van der Waals surface area (Å²) in [5.74, 6) is 0. The largest absolute Gasteiger partial charge is 0.395 e. The Kier molecular flexibility index (Phi) is 5.79. The summed E-state index contributed by atoms with van der Waals surface area (Å²) in [5, 5.41) is 21.2. The van der Waals surface area contributed by atoms with Gasteiger partial charge in [-0.2, -0.15) is 0 Å². The van der Waals surface area contributed by atoms with Crippen LogP contribution in [0.15, 0.2) is 24.3 Å². The quantitative estimate of drug-likeness (QED) is 0.763. The molecule has 3 N–H and O–H groups in total. The molecular weight excluding hydrogens is 244 g/mol. The fourth-order valence-corrected chi connectivity index (χ4v) is 1.77. The topological polar surface area (TPSA) is 72.8 Å². The smallest absolute Gasteiger partial charge is 0.322 e. The zero-order valence-corrected chi connectivity index (χ0v) is 11.6. The third-order valence-electron chi connectivity index (χ3n) is 2.85. The minimum atomic E-state index is -0.574. The molecule has 106 valence electrons. The molecule has 1 unspecified atom stereocenters. The van der Waals surface area contributed by atoms with Gasteiger partial charge in [0.25, 0.3) is 0 Å². The molecule has 0 bridgehead atoms. The Balaban J connectivity index is 2.77. The van der Waals surface area contributed by atoms with Crippen molar-refractivity contribution >= 4 is 11.7 Å². The molecule has 19 heavy (non-hydrogen) atoms. The van der Waals surface area contributed by atoms with Gasteiger partial charge >= 0.3 is 6.03 Å². The number of nitrogens with one attached hydrogen (secondary N) is 1. The van der Waals surface area contributed by atoms with Gasteiger partial charge in [-0.1, -0.05) is 12.1 Å². The van der Waals surface area contributed by atoms with Crippen LogP contribution in [0.4, 0.5) is 10.5 Å². The van der Waals surface area contributed by atoms with Crippen molar-refractivity contribution in [3.05, 3.63) is 29.8 Å². The van der Waals surface area contributed by atoms with E-state index in [1.807, 2.05) is 13.8 Å². The molecule has 5 nitrogen and oxygen atoms in total. The molecule has 2 amide bonds. The SMILES string of the molecule is CC(O)c1cccc(NC(=O)N(CCO)C(C)C)c1. The zero-order valence-electron chi connectivity index (χ0n) is 11.6. The third-order valence-corrected chi connectivity index (χ3v) is 2.85. The lowest BCUT2D eigenvalue weighted by Crippen LogP contribution is -2.41. The Morgan fingerprint density at radius 1 is 1.37 bits per heavy atom. The van der Waals surface area contributed by atoms with E-state index >= 15 is 0 Å². The van der Waals surface area contributed by atoms with Crippen LogP contribution in [0.25, 0.3) is 0 Å². The summed E-state index contributed by atoms with van der Waals surface area (Å²) >= 11 is 0. The number of urea groups is 1. The van der Waals surface area contributed by atoms with Crippen LogP contribution in [0.1, 0.15) is 32.4 Å². The molecule has 0 aliphatic heterocycles. The maximum Gasteiger partial charge on any atom is 0.322 e. The molecule has 0 fully saturated rings. The molecule has 0 aliphatic rings. The second kappa shape index (κ2) is 7.11. The third kappa shape index (κ3) is 4.54. The normalized spacial score (nSPS) is 12.3. The first kappa shape index (κ1) is 15.5. The van der Waals surface area contributed by atoms with Crippen LogP contribution in [0.2, 0.25) is 0 Å². The molecule has 1 atom stereocenters. The summed E-state index contributed by atoms with van der Waals surface area (Å²) in [4.78, 5) is 13.6. The van der Waals surface area contributed by atoms with Crippen LogP contribution in [0.5, 0.6) is 0 Å². The molecular formula is C14H22N2O3. The molecule has 1 rings (SSSR count). The van der Waals surface area contributed by atoms with E-state index in [4.69, 9.17) is 5.11 Å². The maximum absolute atomic E-state index is 12.1. The minimum absolute atomic E-state index is 0.00657. The van der Waals surface area contributed by atoms with Crippen molar-refractivity contribution in [3.63, 3.8) is 0 Å². The van der Waals surface area contributed by atoms with Crippen molar-refractivity contribution in [2.75, 3.05) is 18.5 Å². The van der Waals surface area contributed by atoms with Crippen LogP contribution < -0.4 is 5.32 Å². The van der Waals surface area contributed by atoms with E-state index in [0.29, 0.717) is 12.2 Å². The predicted molar refractivity (Wildman–Crippen MR) is 75.0 cm³/mol. The van der Waals surface area contributed by atoms with Crippen LogP contribution in [-0.2, 0) is 0 Å². The van der Waals surface area contributed by atoms with E-state index in [-0.39, 0.29) is 18.7 Å². The Bertz CT molecular complexity index is 419. The average Bonchev–Trinajstić information content (AvgIpc) is 2.35. The standard InChI is InChI=1S/C14H22N2O3/c1-10(2)16(7-8-17)14(19)15-13-6-4-5-12(9-13)11(3)18/h4-6,9-11,17-18H,7-8H2,1-3H3,(H,15,19). The van der Waals surface area contributed by atoms with Crippen molar-refractivity contribution in [3.8, 4) is 0 Å². The first-order valence-corrected chi connectivity index (χ1v) is 6.42. The van der Waals surface area contributed by atoms with Gasteiger partial charge in [0.2, 0.25) is 0 Å². The van der Waals surface area contributed by atoms with E-state index in [2.05, 4.69) is 5.32 Å². The van der Waals surface area contributed by atoms with Crippen LogP contribution in [-0.4, -0.2) is 40.3 Å². The van der Waals surface area contributed by atoms with Gasteiger partial charge in [0.15, 0.2) is 0 Å². The number of carbonyl (C=O) groups is 1. The number of hydrogen-bond donors (Lipinski definition) is 3. The van der Waals surface area contributed by atoms with Crippen LogP contribution in [0.3, 0.4) is 0 Å². The number of nitrogens with zero attached hydrogens (tertiary/aromatic N) is 1. The maximum atomic E-state index is 12.1. The highest BCUT2D eigenvalue weighted by Crippen LogP contribution is 2.17. The Hall–Kier alpha value is -1.59. The van der Waals surface area contributed by atoms with Crippen LogP contribution in [0, 0.1) is 0 Å². The van der Waals surface area contributed by atoms with E-state index in [9.17, 15) is 9.90 Å². The average molecular weight is 266 g/mol. The van der Waals surface area contributed by atoms with E-state index in [1.165, 1.54) is 0 Å². The lowest BCUT2D eigenvalue weighted by molar-refractivity contribution is 0.172. The van der Waals surface area contributed by atoms with Crippen molar-refractivity contribution in [1.82, 2.24) is 4.90 Å². The Labute approximate surface area is 113 Å². The zero-order chi connectivity index (χ0) is 14.4. The number of amides is 2. The predicted octanol–water partition coefficient (Wildman–Crippen LogP) is 1.97. The molecule has 0 saturated heterocycles. The van der Waals surface area contributed by atoms with Gasteiger partial charge in [0.05, 0.1) is 12.7 Å². The number of anilines is 1. The van der Waals surface area contributed by atoms with Crippen LogP contribution >= 0.6 is 0 Å². The molecule has 0 radical (unpaired) electrons. The number of aliphatic hydroxyl groups is 2. The number of rotatable bonds is 5. The lowest BCUT2D eigenvalue weighted by Gasteiger charge is -2.26. The van der Waals surface area contributed by atoms with Crippen molar-refractivity contribution < 1.29 is 15.0 Å².